The summed E-state index contributed by atoms with van der Waals surface area (Å²) in [6.07, 6.45) is 3.25. The van der Waals surface area contributed by atoms with Gasteiger partial charge in [0.15, 0.2) is 0 Å². The Morgan fingerprint density at radius 1 is 1.55 bits per heavy atom. The fourth-order valence-electron chi connectivity index (χ4n) is 1.57. The summed E-state index contributed by atoms with van der Waals surface area (Å²) in [5, 5.41) is 19.7. The number of hydrogen-bond acceptors (Lipinski definition) is 5. The maximum Gasteiger partial charge on any atom is 0.323 e. The topological polar surface area (TPSA) is 93.2 Å². The minimum absolute atomic E-state index is 0.0200. The molecule has 0 spiro atoms. The van der Waals surface area contributed by atoms with E-state index in [2.05, 4.69) is 0 Å². The molecule has 6 heteroatoms. The van der Waals surface area contributed by atoms with E-state index >= 15 is 0 Å². The van der Waals surface area contributed by atoms with Crippen molar-refractivity contribution in [1.29, 1.82) is 5.26 Å². The summed E-state index contributed by atoms with van der Waals surface area (Å²) < 4.78 is 4.76. The third kappa shape index (κ3) is 4.21. The van der Waals surface area contributed by atoms with Crippen molar-refractivity contribution >= 4 is 17.7 Å². The maximum atomic E-state index is 11.4. The van der Waals surface area contributed by atoms with Gasteiger partial charge in [0, 0.05) is 6.07 Å². The SMILES string of the molecule is CCOC(=O)C(C#N)C/C=C/c1ccccc1[N+](=O)[O-]. The van der Waals surface area contributed by atoms with Gasteiger partial charge in [0.25, 0.3) is 5.69 Å². The molecule has 0 N–H and O–H groups in total. The van der Waals surface area contributed by atoms with Crippen LogP contribution in [0.1, 0.15) is 18.9 Å². The zero-order valence-electron chi connectivity index (χ0n) is 11.0. The normalized spacial score (nSPS) is 11.8. The third-order valence-corrected chi connectivity index (χ3v) is 2.53. The molecule has 0 radical (unpaired) electrons. The van der Waals surface area contributed by atoms with Crippen LogP contribution in [-0.2, 0) is 9.53 Å². The van der Waals surface area contributed by atoms with Gasteiger partial charge in [-0.2, -0.15) is 5.26 Å². The van der Waals surface area contributed by atoms with Crippen LogP contribution in [0.5, 0.6) is 0 Å². The number of nitro groups is 1. The zero-order valence-corrected chi connectivity index (χ0v) is 11.0. The number of esters is 1. The van der Waals surface area contributed by atoms with Crippen LogP contribution >= 0.6 is 0 Å². The quantitative estimate of drug-likeness (QED) is 0.451. The van der Waals surface area contributed by atoms with Gasteiger partial charge in [-0.15, -0.1) is 0 Å². The van der Waals surface area contributed by atoms with Gasteiger partial charge in [-0.05, 0) is 19.4 Å². The first-order valence-electron chi connectivity index (χ1n) is 6.06. The van der Waals surface area contributed by atoms with Crippen LogP contribution in [0.4, 0.5) is 5.69 Å². The summed E-state index contributed by atoms with van der Waals surface area (Å²) >= 11 is 0. The first-order chi connectivity index (χ1) is 9.60. The Hall–Kier alpha value is -2.68. The molecule has 0 heterocycles. The van der Waals surface area contributed by atoms with Crippen LogP contribution in [0.2, 0.25) is 0 Å². The van der Waals surface area contributed by atoms with Crippen molar-refractivity contribution in [3.8, 4) is 6.07 Å². The number of carbonyl (C=O) groups excluding carboxylic acids is 1. The predicted octanol–water partition coefficient (Wildman–Crippen LogP) is 2.70. The molecule has 20 heavy (non-hydrogen) atoms. The first-order valence-corrected chi connectivity index (χ1v) is 6.06. The molecule has 0 amide bonds. The standard InChI is InChI=1S/C14H14N2O4/c1-2-20-14(17)12(10-15)8-5-7-11-6-3-4-9-13(11)16(18)19/h3-7,9,12H,2,8H2,1H3/b7-5+. The van der Waals surface area contributed by atoms with Crippen LogP contribution in [0.15, 0.2) is 30.3 Å². The number of benzene rings is 1. The van der Waals surface area contributed by atoms with Gasteiger partial charge >= 0.3 is 5.97 Å². The summed E-state index contributed by atoms with van der Waals surface area (Å²) in [7, 11) is 0. The average Bonchev–Trinajstić information content (AvgIpc) is 2.44. The van der Waals surface area contributed by atoms with Gasteiger partial charge in [-0.3, -0.25) is 14.9 Å². The predicted molar refractivity (Wildman–Crippen MR) is 72.5 cm³/mol. The van der Waals surface area contributed by atoms with Crippen molar-refractivity contribution in [3.05, 3.63) is 46.0 Å². The molecule has 1 unspecified atom stereocenters. The monoisotopic (exact) mass is 274 g/mol. The van der Waals surface area contributed by atoms with Crippen LogP contribution in [0.25, 0.3) is 6.08 Å². The number of ether oxygens (including phenoxy) is 1. The van der Waals surface area contributed by atoms with Crippen LogP contribution in [0.3, 0.4) is 0 Å². The van der Waals surface area contributed by atoms with E-state index in [0.29, 0.717) is 5.56 Å². The van der Waals surface area contributed by atoms with Gasteiger partial charge in [0.2, 0.25) is 0 Å². The Labute approximate surface area is 116 Å². The molecule has 0 bridgehead atoms. The molecular weight excluding hydrogens is 260 g/mol. The Bertz CT molecular complexity index is 561. The molecule has 0 aliphatic rings. The van der Waals surface area contributed by atoms with Crippen molar-refractivity contribution in [3.63, 3.8) is 0 Å². The maximum absolute atomic E-state index is 11.4. The lowest BCUT2D eigenvalue weighted by molar-refractivity contribution is -0.385. The minimum Gasteiger partial charge on any atom is -0.465 e. The Kier molecular flexibility index (Phi) is 5.91. The molecule has 0 fully saturated rings. The van der Waals surface area contributed by atoms with E-state index in [-0.39, 0.29) is 18.7 Å². The molecule has 0 aromatic heterocycles. The van der Waals surface area contributed by atoms with Gasteiger partial charge in [0.05, 0.1) is 23.2 Å². The smallest absolute Gasteiger partial charge is 0.323 e. The number of rotatable bonds is 6. The largest absolute Gasteiger partial charge is 0.465 e. The fraction of sp³-hybridized carbons (Fsp3) is 0.286. The Morgan fingerprint density at radius 2 is 2.25 bits per heavy atom. The van der Waals surface area contributed by atoms with Crippen LogP contribution in [-0.4, -0.2) is 17.5 Å². The van der Waals surface area contributed by atoms with Gasteiger partial charge in [0.1, 0.15) is 5.92 Å². The van der Waals surface area contributed by atoms with E-state index in [9.17, 15) is 14.9 Å². The molecule has 6 nitrogen and oxygen atoms in total. The van der Waals surface area contributed by atoms with Crippen molar-refractivity contribution in [1.82, 2.24) is 0 Å². The number of carbonyl (C=O) groups is 1. The number of para-hydroxylation sites is 1. The molecule has 1 aromatic rings. The highest BCUT2D eigenvalue weighted by Crippen LogP contribution is 2.19. The first kappa shape index (κ1) is 15.4. The molecule has 0 saturated heterocycles. The van der Waals surface area contributed by atoms with E-state index in [4.69, 9.17) is 10.00 Å². The lowest BCUT2D eigenvalue weighted by atomic mass is 10.1. The second-order valence-corrected chi connectivity index (χ2v) is 3.89. The molecule has 0 aliphatic heterocycles. The van der Waals surface area contributed by atoms with E-state index in [1.165, 1.54) is 12.1 Å². The van der Waals surface area contributed by atoms with Gasteiger partial charge in [-0.25, -0.2) is 0 Å². The third-order valence-electron chi connectivity index (χ3n) is 2.53. The average molecular weight is 274 g/mol. The lowest BCUT2D eigenvalue weighted by Crippen LogP contribution is -2.15. The Morgan fingerprint density at radius 3 is 2.85 bits per heavy atom. The molecule has 1 rings (SSSR count). The van der Waals surface area contributed by atoms with E-state index in [1.54, 1.807) is 31.2 Å². The summed E-state index contributed by atoms with van der Waals surface area (Å²) in [6.45, 7) is 1.88. The number of allylic oxidation sites excluding steroid dienone is 1. The van der Waals surface area contributed by atoms with Crippen molar-refractivity contribution in [2.24, 2.45) is 5.92 Å². The molecule has 0 saturated carbocycles. The molecular formula is C14H14N2O4. The summed E-state index contributed by atoms with van der Waals surface area (Å²) in [5.41, 5.74) is 0.409. The Balaban J connectivity index is 2.76. The van der Waals surface area contributed by atoms with E-state index in [0.717, 1.165) is 0 Å². The van der Waals surface area contributed by atoms with E-state index in [1.807, 2.05) is 6.07 Å². The number of nitrogens with zero attached hydrogens (tertiary/aromatic N) is 2. The van der Waals surface area contributed by atoms with Crippen LogP contribution in [0, 0.1) is 27.4 Å². The summed E-state index contributed by atoms with van der Waals surface area (Å²) in [4.78, 5) is 21.7. The van der Waals surface area contributed by atoms with Crippen molar-refractivity contribution < 1.29 is 14.5 Å². The molecule has 104 valence electrons. The minimum atomic E-state index is -0.894. The zero-order chi connectivity index (χ0) is 15.0. The second kappa shape index (κ2) is 7.69. The van der Waals surface area contributed by atoms with Gasteiger partial charge in [-0.1, -0.05) is 24.3 Å². The summed E-state index contributed by atoms with van der Waals surface area (Å²) in [6, 6.07) is 8.10. The van der Waals surface area contributed by atoms with Crippen LogP contribution < -0.4 is 0 Å². The highest BCUT2D eigenvalue weighted by molar-refractivity contribution is 5.75. The molecule has 1 atom stereocenters. The highest BCUT2D eigenvalue weighted by Gasteiger charge is 2.17. The van der Waals surface area contributed by atoms with Gasteiger partial charge < -0.3 is 4.74 Å². The highest BCUT2D eigenvalue weighted by atomic mass is 16.6. The number of hydrogen-bond donors (Lipinski definition) is 0. The fourth-order valence-corrected chi connectivity index (χ4v) is 1.57. The van der Waals surface area contributed by atoms with E-state index < -0.39 is 16.8 Å². The second-order valence-electron chi connectivity index (χ2n) is 3.89. The molecule has 0 aliphatic carbocycles. The summed E-state index contributed by atoms with van der Waals surface area (Å²) in [5.74, 6) is -1.48. The van der Waals surface area contributed by atoms with Crippen molar-refractivity contribution in [2.75, 3.05) is 6.61 Å². The number of nitro benzene ring substituents is 1. The number of nitriles is 1. The van der Waals surface area contributed by atoms with Crippen molar-refractivity contribution in [2.45, 2.75) is 13.3 Å². The lowest BCUT2D eigenvalue weighted by Gasteiger charge is -2.04. The molecule has 1 aromatic carbocycles.